The van der Waals surface area contributed by atoms with E-state index in [0.717, 1.165) is 16.7 Å². The van der Waals surface area contributed by atoms with Crippen LogP contribution in [-0.4, -0.2) is 0 Å². The summed E-state index contributed by atoms with van der Waals surface area (Å²) in [6, 6.07) is 0. The summed E-state index contributed by atoms with van der Waals surface area (Å²) in [6.45, 7) is 11.2. The van der Waals surface area contributed by atoms with Crippen LogP contribution in [0, 0.1) is 19.3 Å². The first-order valence-electron chi connectivity index (χ1n) is 6.79. The monoisotopic (exact) mass is 492 g/mol. The molecule has 3 rings (SSSR count). The van der Waals surface area contributed by atoms with Gasteiger partial charge in [-0.3, -0.25) is 0 Å². The van der Waals surface area contributed by atoms with Gasteiger partial charge in [-0.05, 0) is 16.7 Å². The predicted octanol–water partition coefficient (Wildman–Crippen LogP) is -0.376. The minimum absolute atomic E-state index is 0. The van der Waals surface area contributed by atoms with Crippen LogP contribution >= 0.6 is 0 Å². The second-order valence-corrected chi connectivity index (χ2v) is 4.46. The quantitative estimate of drug-likeness (QED) is 0.433. The molecule has 0 N–H and O–H groups in total. The third-order valence-electron chi connectivity index (χ3n) is 2.53. The molecule has 3 aliphatic carbocycles. The molecule has 0 aromatic rings. The van der Waals surface area contributed by atoms with Gasteiger partial charge < -0.3 is 9.41 Å². The van der Waals surface area contributed by atoms with Gasteiger partial charge in [0.05, 0.1) is 0 Å². The number of allylic oxidation sites excluding steroid dienone is 15. The van der Waals surface area contributed by atoms with Crippen molar-refractivity contribution in [1.82, 2.24) is 0 Å². The van der Waals surface area contributed by atoms with Gasteiger partial charge in [-0.1, -0.05) is 92.6 Å². The summed E-state index contributed by atoms with van der Waals surface area (Å²) in [5.74, 6) is 0. The van der Waals surface area contributed by atoms with Crippen LogP contribution < -0.4 is 9.41 Å². The summed E-state index contributed by atoms with van der Waals surface area (Å²) in [6.07, 6.45) is 29.6. The molecule has 24 heavy (non-hydrogen) atoms. The zero-order valence-corrected chi connectivity index (χ0v) is 16.7. The molecular weight excluding hydrogens is 471 g/mol. The molecule has 0 aliphatic heterocycles. The molecule has 3 aliphatic rings. The maximum atomic E-state index is 3.72. The molecule has 0 amide bonds. The summed E-state index contributed by atoms with van der Waals surface area (Å²) in [5.41, 5.74) is 3.22. The second kappa shape index (κ2) is 17.6. The topological polar surface area (TPSA) is 0 Å². The molecule has 0 aromatic carbocycles. The third-order valence-corrected chi connectivity index (χ3v) is 2.53. The predicted molar refractivity (Wildman–Crippen MR) is 95.2 cm³/mol. The van der Waals surface area contributed by atoms with Crippen molar-refractivity contribution in [3.8, 4) is 0 Å². The van der Waals surface area contributed by atoms with E-state index in [2.05, 4.69) is 19.7 Å². The average Bonchev–Trinajstić information content (AvgIpc) is 2.51. The Morgan fingerprint density at radius 3 is 0.750 bits per heavy atom. The fourth-order valence-electron chi connectivity index (χ4n) is 1.43. The zero-order chi connectivity index (χ0) is 15.3. The van der Waals surface area contributed by atoms with Crippen molar-refractivity contribution in [1.29, 1.82) is 0 Å². The number of hydrogen-bond donors (Lipinski definition) is 0. The normalized spacial score (nSPS) is 15.8. The van der Waals surface area contributed by atoms with Crippen LogP contribution in [0.3, 0.4) is 0 Å². The fourth-order valence-corrected chi connectivity index (χ4v) is 1.43. The standard InChI is InChI=1S/3C7H7.2FH.Ta/c3*1-7-5-3-2-4-6-7;;;/h3*2-6H,1H2;2*1H;/q;;;;;+2/p-2. The second-order valence-electron chi connectivity index (χ2n) is 4.46. The molecular formula is C21H21F2Ta. The van der Waals surface area contributed by atoms with Crippen LogP contribution in [0.25, 0.3) is 0 Å². The Kier molecular flexibility index (Phi) is 19.9. The average molecular weight is 492 g/mol. The molecule has 0 nitrogen and oxygen atoms in total. The number of halogens is 2. The number of rotatable bonds is 0. The van der Waals surface area contributed by atoms with Gasteiger partial charge in [-0.25, -0.2) is 0 Å². The van der Waals surface area contributed by atoms with E-state index in [0.29, 0.717) is 0 Å². The van der Waals surface area contributed by atoms with Gasteiger partial charge in [0, 0.05) is 19.3 Å². The van der Waals surface area contributed by atoms with E-state index in [1.54, 1.807) is 0 Å². The summed E-state index contributed by atoms with van der Waals surface area (Å²) >= 11 is 0. The fraction of sp³-hybridized carbons (Fsp3) is 0. The molecule has 0 unspecified atom stereocenters. The van der Waals surface area contributed by atoms with Crippen molar-refractivity contribution in [2.24, 2.45) is 0 Å². The summed E-state index contributed by atoms with van der Waals surface area (Å²) in [4.78, 5) is 0. The van der Waals surface area contributed by atoms with Gasteiger partial charge in [-0.2, -0.15) is 0 Å². The first-order chi connectivity index (χ1) is 10.2. The largest absolute Gasteiger partial charge is 2.00 e. The Labute approximate surface area is 160 Å². The van der Waals surface area contributed by atoms with Crippen LogP contribution in [0.4, 0.5) is 0 Å². The zero-order valence-electron chi connectivity index (χ0n) is 13.5. The van der Waals surface area contributed by atoms with E-state index in [4.69, 9.17) is 0 Å². The molecule has 0 heterocycles. The summed E-state index contributed by atoms with van der Waals surface area (Å²) < 4.78 is 0. The van der Waals surface area contributed by atoms with Crippen LogP contribution in [0.15, 0.2) is 109 Å². The van der Waals surface area contributed by atoms with Gasteiger partial charge in [-0.15, -0.1) is 0 Å². The molecule has 0 saturated heterocycles. The Bertz CT molecular complexity index is 478. The molecule has 0 saturated carbocycles. The van der Waals surface area contributed by atoms with E-state index in [1.165, 1.54) is 0 Å². The maximum absolute atomic E-state index is 3.72. The van der Waals surface area contributed by atoms with Gasteiger partial charge in [0.25, 0.3) is 0 Å². The van der Waals surface area contributed by atoms with Crippen molar-refractivity contribution < 1.29 is 31.8 Å². The summed E-state index contributed by atoms with van der Waals surface area (Å²) in [7, 11) is 0. The maximum Gasteiger partial charge on any atom is 2.00 e. The van der Waals surface area contributed by atoms with Crippen LogP contribution in [-0.2, 0) is 22.4 Å². The van der Waals surface area contributed by atoms with Crippen molar-refractivity contribution in [3.63, 3.8) is 0 Å². The van der Waals surface area contributed by atoms with Crippen molar-refractivity contribution in [2.45, 2.75) is 0 Å². The van der Waals surface area contributed by atoms with E-state index >= 15 is 0 Å². The molecule has 0 spiro atoms. The SMILES string of the molecule is C=C1[CH]C=CC=C1.C=C1[CH]C=CC=C1.C=C1[CH]C=CC=C1.[F-].[F-].[Ta+2]. The van der Waals surface area contributed by atoms with Gasteiger partial charge in [0.2, 0.25) is 0 Å². The minimum atomic E-state index is 0. The van der Waals surface area contributed by atoms with Gasteiger partial charge in [0.15, 0.2) is 0 Å². The first kappa shape index (κ1) is 27.1. The number of hydrogen-bond acceptors (Lipinski definition) is 0. The molecule has 0 atom stereocenters. The molecule has 0 fully saturated rings. The molecule has 0 aromatic heterocycles. The van der Waals surface area contributed by atoms with Gasteiger partial charge >= 0.3 is 22.4 Å². The molecule has 4 radical (unpaired) electrons. The third kappa shape index (κ3) is 15.2. The van der Waals surface area contributed by atoms with Crippen LogP contribution in [0.5, 0.6) is 0 Å². The van der Waals surface area contributed by atoms with E-state index in [-0.39, 0.29) is 31.8 Å². The summed E-state index contributed by atoms with van der Waals surface area (Å²) in [5, 5.41) is 0. The van der Waals surface area contributed by atoms with Crippen LogP contribution in [0.1, 0.15) is 0 Å². The van der Waals surface area contributed by atoms with Crippen molar-refractivity contribution >= 4 is 0 Å². The van der Waals surface area contributed by atoms with E-state index in [1.807, 2.05) is 92.2 Å². The van der Waals surface area contributed by atoms with E-state index < -0.39 is 0 Å². The Balaban J connectivity index is -0.000000259. The van der Waals surface area contributed by atoms with Gasteiger partial charge in [0.1, 0.15) is 0 Å². The Hall–Kier alpha value is -1.74. The van der Waals surface area contributed by atoms with Crippen molar-refractivity contribution in [3.05, 3.63) is 129 Å². The first-order valence-corrected chi connectivity index (χ1v) is 6.79. The molecule has 124 valence electrons. The molecule has 0 bridgehead atoms. The Morgan fingerprint density at radius 2 is 0.667 bits per heavy atom. The molecule has 3 heteroatoms. The van der Waals surface area contributed by atoms with E-state index in [9.17, 15) is 0 Å². The minimum Gasteiger partial charge on any atom is -1.00 e. The van der Waals surface area contributed by atoms with Crippen molar-refractivity contribution in [2.75, 3.05) is 0 Å². The Morgan fingerprint density at radius 1 is 0.417 bits per heavy atom. The van der Waals surface area contributed by atoms with Crippen LogP contribution in [0.2, 0.25) is 0 Å². The smallest absolute Gasteiger partial charge is 1.00 e.